The summed E-state index contributed by atoms with van der Waals surface area (Å²) < 4.78 is 0. The Morgan fingerprint density at radius 1 is 1.12 bits per heavy atom. The molecule has 4 N–H and O–H groups in total. The fourth-order valence-corrected chi connectivity index (χ4v) is 4.11. The maximum Gasteiger partial charge on any atom is 0.220 e. The van der Waals surface area contributed by atoms with Crippen molar-refractivity contribution in [2.24, 2.45) is 21.5 Å². The standard InChI is InChI=1S/C19H30N6/c1-4-24(5-2)15-10-9-14(3)13-16(15)25-18(21)22-17(20)23-19(25)11-7-6-8-12-19/h9-10,13H,4-8,11-12H2,1-3H3,(H4,20,21,22,23). The van der Waals surface area contributed by atoms with Crippen LogP contribution in [0.4, 0.5) is 11.4 Å². The molecular weight excluding hydrogens is 312 g/mol. The predicted octanol–water partition coefficient (Wildman–Crippen LogP) is 2.95. The van der Waals surface area contributed by atoms with Crippen LogP contribution >= 0.6 is 0 Å². The summed E-state index contributed by atoms with van der Waals surface area (Å²) in [4.78, 5) is 13.6. The van der Waals surface area contributed by atoms with E-state index < -0.39 is 5.66 Å². The van der Waals surface area contributed by atoms with Crippen LogP contribution in [0.2, 0.25) is 0 Å². The van der Waals surface area contributed by atoms with E-state index in [4.69, 9.17) is 16.5 Å². The normalized spacial score (nSPS) is 19.6. The smallest absolute Gasteiger partial charge is 0.220 e. The van der Waals surface area contributed by atoms with Crippen LogP contribution in [-0.2, 0) is 0 Å². The van der Waals surface area contributed by atoms with Crippen molar-refractivity contribution < 1.29 is 0 Å². The minimum Gasteiger partial charge on any atom is -0.370 e. The van der Waals surface area contributed by atoms with E-state index in [0.29, 0.717) is 11.9 Å². The van der Waals surface area contributed by atoms with Gasteiger partial charge in [-0.3, -0.25) is 4.90 Å². The van der Waals surface area contributed by atoms with Gasteiger partial charge in [-0.2, -0.15) is 4.99 Å². The second-order valence-corrected chi connectivity index (χ2v) is 6.98. The third kappa shape index (κ3) is 3.17. The van der Waals surface area contributed by atoms with Crippen molar-refractivity contribution in [1.29, 1.82) is 0 Å². The number of hydrogen-bond acceptors (Lipinski definition) is 6. The fourth-order valence-electron chi connectivity index (χ4n) is 4.11. The average molecular weight is 342 g/mol. The molecule has 0 unspecified atom stereocenters. The SMILES string of the molecule is CCN(CC)c1ccc(C)cc1N1C(N)=NC(N)=NC12CCCCC2. The Morgan fingerprint density at radius 3 is 2.44 bits per heavy atom. The fraction of sp³-hybridized carbons (Fsp3) is 0.579. The Labute approximate surface area is 150 Å². The van der Waals surface area contributed by atoms with E-state index in [1.54, 1.807) is 0 Å². The molecule has 1 fully saturated rings. The summed E-state index contributed by atoms with van der Waals surface area (Å²) in [6.45, 7) is 8.34. The van der Waals surface area contributed by atoms with Crippen molar-refractivity contribution >= 4 is 23.3 Å². The van der Waals surface area contributed by atoms with E-state index in [-0.39, 0.29) is 0 Å². The third-order valence-corrected chi connectivity index (χ3v) is 5.33. The van der Waals surface area contributed by atoms with Gasteiger partial charge in [-0.05, 0) is 64.2 Å². The van der Waals surface area contributed by atoms with Crippen LogP contribution in [-0.4, -0.2) is 30.7 Å². The number of rotatable bonds is 4. The molecule has 1 saturated carbocycles. The molecular formula is C19H30N6. The molecule has 1 heterocycles. The Hall–Kier alpha value is -2.24. The van der Waals surface area contributed by atoms with Crippen molar-refractivity contribution in [2.45, 2.75) is 58.5 Å². The molecule has 6 heteroatoms. The van der Waals surface area contributed by atoms with E-state index >= 15 is 0 Å². The first kappa shape index (κ1) is 17.6. The summed E-state index contributed by atoms with van der Waals surface area (Å²) in [5, 5.41) is 0. The first-order valence-electron chi connectivity index (χ1n) is 9.36. The highest BCUT2D eigenvalue weighted by Crippen LogP contribution is 2.43. The second-order valence-electron chi connectivity index (χ2n) is 6.98. The van der Waals surface area contributed by atoms with Crippen LogP contribution in [0, 0.1) is 6.92 Å². The number of hydrogen-bond donors (Lipinski definition) is 2. The van der Waals surface area contributed by atoms with Gasteiger partial charge in [-0.1, -0.05) is 12.5 Å². The highest BCUT2D eigenvalue weighted by Gasteiger charge is 2.43. The summed E-state index contributed by atoms with van der Waals surface area (Å²) in [6.07, 6.45) is 5.41. The molecule has 6 nitrogen and oxygen atoms in total. The average Bonchev–Trinajstić information content (AvgIpc) is 2.57. The predicted molar refractivity (Wildman–Crippen MR) is 106 cm³/mol. The van der Waals surface area contributed by atoms with Gasteiger partial charge in [0.1, 0.15) is 5.66 Å². The van der Waals surface area contributed by atoms with Gasteiger partial charge in [0.25, 0.3) is 0 Å². The minimum absolute atomic E-state index is 0.299. The van der Waals surface area contributed by atoms with Crippen molar-refractivity contribution in [3.8, 4) is 0 Å². The molecule has 0 saturated heterocycles. The summed E-state index contributed by atoms with van der Waals surface area (Å²) in [5.74, 6) is 0.751. The van der Waals surface area contributed by atoms with Gasteiger partial charge in [0.05, 0.1) is 11.4 Å². The van der Waals surface area contributed by atoms with Gasteiger partial charge in [0, 0.05) is 13.1 Å². The first-order chi connectivity index (χ1) is 12.0. The van der Waals surface area contributed by atoms with Crippen LogP contribution in [0.25, 0.3) is 0 Å². The number of aryl methyl sites for hydroxylation is 1. The maximum absolute atomic E-state index is 6.41. The Balaban J connectivity index is 2.15. The lowest BCUT2D eigenvalue weighted by molar-refractivity contribution is 0.305. The highest BCUT2D eigenvalue weighted by molar-refractivity contribution is 6.07. The lowest BCUT2D eigenvalue weighted by Crippen LogP contribution is -2.58. The zero-order valence-corrected chi connectivity index (χ0v) is 15.6. The lowest BCUT2D eigenvalue weighted by Gasteiger charge is -2.46. The van der Waals surface area contributed by atoms with E-state index in [9.17, 15) is 0 Å². The monoisotopic (exact) mass is 342 g/mol. The molecule has 1 aliphatic heterocycles. The molecule has 0 bridgehead atoms. The zero-order valence-electron chi connectivity index (χ0n) is 15.6. The van der Waals surface area contributed by atoms with E-state index in [2.05, 4.69) is 53.8 Å². The molecule has 3 rings (SSSR count). The number of nitrogens with zero attached hydrogens (tertiary/aromatic N) is 4. The van der Waals surface area contributed by atoms with Gasteiger partial charge < -0.3 is 16.4 Å². The van der Waals surface area contributed by atoms with Crippen LogP contribution in [0.15, 0.2) is 28.2 Å². The number of anilines is 2. The van der Waals surface area contributed by atoms with Crippen molar-refractivity contribution in [3.05, 3.63) is 23.8 Å². The lowest BCUT2D eigenvalue weighted by atomic mass is 9.87. The number of nitrogens with two attached hydrogens (primary N) is 2. The van der Waals surface area contributed by atoms with Crippen LogP contribution in [0.5, 0.6) is 0 Å². The van der Waals surface area contributed by atoms with E-state index in [0.717, 1.165) is 44.5 Å². The molecule has 2 aliphatic rings. The molecule has 0 radical (unpaired) electrons. The molecule has 1 aromatic rings. The largest absolute Gasteiger partial charge is 0.370 e. The first-order valence-corrected chi connectivity index (χ1v) is 9.36. The molecule has 0 aromatic heterocycles. The summed E-state index contributed by atoms with van der Waals surface area (Å²) in [7, 11) is 0. The van der Waals surface area contributed by atoms with Gasteiger partial charge in [-0.15, -0.1) is 0 Å². The molecule has 1 spiro atoms. The van der Waals surface area contributed by atoms with Gasteiger partial charge in [0.15, 0.2) is 0 Å². The van der Waals surface area contributed by atoms with Crippen LogP contribution < -0.4 is 21.3 Å². The van der Waals surface area contributed by atoms with Crippen molar-refractivity contribution in [2.75, 3.05) is 22.9 Å². The molecule has 1 aliphatic carbocycles. The number of benzene rings is 1. The zero-order chi connectivity index (χ0) is 18.0. The molecule has 0 amide bonds. The summed E-state index contributed by atoms with van der Waals surface area (Å²) in [5.41, 5.74) is 15.5. The Bertz CT molecular complexity index is 683. The van der Waals surface area contributed by atoms with Gasteiger partial charge in [-0.25, -0.2) is 4.99 Å². The molecule has 0 atom stereocenters. The summed E-state index contributed by atoms with van der Waals surface area (Å²) >= 11 is 0. The van der Waals surface area contributed by atoms with E-state index in [1.807, 2.05) is 0 Å². The Morgan fingerprint density at radius 2 is 1.80 bits per heavy atom. The molecule has 1 aromatic carbocycles. The minimum atomic E-state index is -0.399. The third-order valence-electron chi connectivity index (χ3n) is 5.33. The topological polar surface area (TPSA) is 83.2 Å². The number of guanidine groups is 2. The quantitative estimate of drug-likeness (QED) is 0.881. The van der Waals surface area contributed by atoms with Gasteiger partial charge in [0.2, 0.25) is 11.9 Å². The highest BCUT2D eigenvalue weighted by atomic mass is 15.4. The van der Waals surface area contributed by atoms with Crippen LogP contribution in [0.3, 0.4) is 0 Å². The van der Waals surface area contributed by atoms with E-state index in [1.165, 1.54) is 17.7 Å². The Kier molecular flexibility index (Phi) is 4.88. The van der Waals surface area contributed by atoms with Crippen molar-refractivity contribution in [1.82, 2.24) is 0 Å². The second kappa shape index (κ2) is 6.94. The van der Waals surface area contributed by atoms with Crippen LogP contribution in [0.1, 0.15) is 51.5 Å². The summed E-state index contributed by atoms with van der Waals surface area (Å²) in [6, 6.07) is 6.53. The molecule has 25 heavy (non-hydrogen) atoms. The maximum atomic E-state index is 6.41. The molecule has 136 valence electrons. The number of aliphatic imine (C=N–C) groups is 2. The van der Waals surface area contributed by atoms with Gasteiger partial charge >= 0.3 is 0 Å². The van der Waals surface area contributed by atoms with Crippen molar-refractivity contribution in [3.63, 3.8) is 0 Å².